The third kappa shape index (κ3) is 3.90. The van der Waals surface area contributed by atoms with Crippen LogP contribution >= 0.6 is 0 Å². The summed E-state index contributed by atoms with van der Waals surface area (Å²) in [7, 11) is -2.50. The van der Waals surface area contributed by atoms with Crippen LogP contribution < -0.4 is 15.8 Å². The summed E-state index contributed by atoms with van der Waals surface area (Å²) >= 11 is 0. The summed E-state index contributed by atoms with van der Waals surface area (Å²) in [6.07, 6.45) is -0.0349. The molecule has 0 spiro atoms. The number of carbonyl (C=O) groups is 1. The fourth-order valence-corrected chi connectivity index (χ4v) is 2.41. The fourth-order valence-electron chi connectivity index (χ4n) is 1.36. The summed E-state index contributed by atoms with van der Waals surface area (Å²) in [4.78, 5) is 20.6. The van der Waals surface area contributed by atoms with Crippen LogP contribution in [0.5, 0.6) is 0 Å². The molecule has 1 aromatic rings. The maximum absolute atomic E-state index is 11.9. The monoisotopic (exact) mass is 302 g/mol. The summed E-state index contributed by atoms with van der Waals surface area (Å²) in [6, 6.07) is 3.17. The lowest BCUT2D eigenvalue weighted by molar-refractivity contribution is -0.384. The third-order valence-electron chi connectivity index (χ3n) is 2.43. The molecule has 0 aliphatic rings. The number of carbonyl (C=O) groups excluding carboxylic acids is 1. The van der Waals surface area contributed by atoms with Gasteiger partial charge in [-0.15, -0.1) is 0 Å². The third-order valence-corrected chi connectivity index (χ3v) is 3.89. The van der Waals surface area contributed by atoms with Gasteiger partial charge in [0.1, 0.15) is 5.69 Å². The molecular formula is C10H14N4O5S. The quantitative estimate of drug-likeness (QED) is 0.370. The Hall–Kier alpha value is -2.20. The van der Waals surface area contributed by atoms with Crippen LogP contribution in [0, 0.1) is 10.1 Å². The number of nitrogen functional groups attached to an aromatic ring is 1. The lowest BCUT2D eigenvalue weighted by atomic mass is 10.3. The number of benzene rings is 1. The molecule has 0 aromatic heterocycles. The van der Waals surface area contributed by atoms with E-state index in [0.29, 0.717) is 0 Å². The van der Waals surface area contributed by atoms with E-state index in [1.807, 2.05) is 0 Å². The van der Waals surface area contributed by atoms with E-state index in [1.54, 1.807) is 0 Å². The molecule has 0 aliphatic carbocycles. The highest BCUT2D eigenvalue weighted by atomic mass is 32.2. The molecule has 9 nitrogen and oxygen atoms in total. The maximum Gasteiger partial charge on any atom is 0.293 e. The molecular weight excluding hydrogens is 288 g/mol. The minimum absolute atomic E-state index is 0.0349. The van der Waals surface area contributed by atoms with Gasteiger partial charge in [-0.3, -0.25) is 14.9 Å². The van der Waals surface area contributed by atoms with Crippen molar-refractivity contribution in [2.45, 2.75) is 11.3 Å². The number of nitrogens with two attached hydrogens (primary N) is 1. The number of sulfonamides is 1. The Labute approximate surface area is 115 Å². The second kappa shape index (κ2) is 6.30. The average molecular weight is 302 g/mol. The van der Waals surface area contributed by atoms with Gasteiger partial charge in [0.05, 0.1) is 9.82 Å². The summed E-state index contributed by atoms with van der Waals surface area (Å²) in [5.41, 5.74) is 4.77. The predicted molar refractivity (Wildman–Crippen MR) is 71.4 cm³/mol. The van der Waals surface area contributed by atoms with E-state index in [-0.39, 0.29) is 29.5 Å². The molecule has 1 aromatic carbocycles. The Morgan fingerprint density at radius 1 is 1.45 bits per heavy atom. The molecule has 0 saturated heterocycles. The zero-order valence-electron chi connectivity index (χ0n) is 10.6. The zero-order valence-corrected chi connectivity index (χ0v) is 11.4. The Kier molecular flexibility index (Phi) is 5.00. The Morgan fingerprint density at radius 3 is 2.65 bits per heavy atom. The molecule has 0 radical (unpaired) electrons. The number of nitro groups is 1. The summed E-state index contributed by atoms with van der Waals surface area (Å²) < 4.78 is 25.9. The van der Waals surface area contributed by atoms with Gasteiger partial charge in [0.2, 0.25) is 15.9 Å². The summed E-state index contributed by atoms with van der Waals surface area (Å²) in [6.45, 7) is -0.111. The van der Waals surface area contributed by atoms with Crippen molar-refractivity contribution in [3.8, 4) is 0 Å². The van der Waals surface area contributed by atoms with E-state index in [9.17, 15) is 23.3 Å². The number of hydrogen-bond acceptors (Lipinski definition) is 6. The average Bonchev–Trinajstić information content (AvgIpc) is 2.38. The normalized spacial score (nSPS) is 11.1. The topological polar surface area (TPSA) is 144 Å². The smallest absolute Gasteiger partial charge is 0.293 e. The first-order chi connectivity index (χ1) is 9.27. The van der Waals surface area contributed by atoms with Crippen molar-refractivity contribution < 1.29 is 18.1 Å². The number of nitro benzene ring substituents is 1. The minimum atomic E-state index is -3.93. The Morgan fingerprint density at radius 2 is 2.10 bits per heavy atom. The second-order valence-corrected chi connectivity index (χ2v) is 5.57. The number of anilines is 1. The van der Waals surface area contributed by atoms with Crippen LogP contribution in [0.3, 0.4) is 0 Å². The van der Waals surface area contributed by atoms with Gasteiger partial charge in [0.15, 0.2) is 0 Å². The molecule has 110 valence electrons. The molecule has 0 atom stereocenters. The van der Waals surface area contributed by atoms with Crippen LogP contribution in [0.2, 0.25) is 0 Å². The summed E-state index contributed by atoms with van der Waals surface area (Å²) in [5.74, 6) is -0.323. The van der Waals surface area contributed by atoms with Gasteiger partial charge in [0.25, 0.3) is 5.69 Å². The first-order valence-electron chi connectivity index (χ1n) is 5.52. The van der Waals surface area contributed by atoms with Crippen LogP contribution in [0.15, 0.2) is 23.1 Å². The maximum atomic E-state index is 11.9. The van der Waals surface area contributed by atoms with E-state index >= 15 is 0 Å². The van der Waals surface area contributed by atoms with E-state index in [0.717, 1.165) is 18.2 Å². The molecule has 0 bridgehead atoms. The van der Waals surface area contributed by atoms with Gasteiger partial charge < -0.3 is 11.1 Å². The van der Waals surface area contributed by atoms with E-state index in [1.165, 1.54) is 7.05 Å². The highest BCUT2D eigenvalue weighted by Crippen LogP contribution is 2.24. The molecule has 0 fully saturated rings. The van der Waals surface area contributed by atoms with Crippen LogP contribution in [0.25, 0.3) is 0 Å². The lowest BCUT2D eigenvalue weighted by Gasteiger charge is -2.07. The molecule has 0 aliphatic heterocycles. The van der Waals surface area contributed by atoms with Crippen molar-refractivity contribution >= 4 is 27.3 Å². The first-order valence-corrected chi connectivity index (χ1v) is 7.00. The lowest BCUT2D eigenvalue weighted by Crippen LogP contribution is -2.29. The minimum Gasteiger partial charge on any atom is -0.393 e. The Balaban J connectivity index is 2.90. The van der Waals surface area contributed by atoms with Gasteiger partial charge in [-0.05, 0) is 12.1 Å². The van der Waals surface area contributed by atoms with Crippen LogP contribution in [0.4, 0.5) is 11.4 Å². The van der Waals surface area contributed by atoms with Crippen molar-refractivity contribution in [3.05, 3.63) is 28.3 Å². The van der Waals surface area contributed by atoms with Gasteiger partial charge in [0, 0.05) is 26.1 Å². The highest BCUT2D eigenvalue weighted by Gasteiger charge is 2.20. The van der Waals surface area contributed by atoms with Crippen molar-refractivity contribution in [1.82, 2.24) is 10.0 Å². The molecule has 20 heavy (non-hydrogen) atoms. The molecule has 10 heteroatoms. The molecule has 4 N–H and O–H groups in total. The van der Waals surface area contributed by atoms with Crippen LogP contribution in [-0.2, 0) is 14.8 Å². The standard InChI is InChI=1S/C10H14N4O5S/c1-12-10(15)4-5-13-20(18,19)7-2-3-8(11)9(6-7)14(16)17/h2-3,6,13H,4-5,11H2,1H3,(H,12,15). The fraction of sp³-hybridized carbons (Fsp3) is 0.300. The van der Waals surface area contributed by atoms with Crippen LogP contribution in [-0.4, -0.2) is 32.8 Å². The predicted octanol–water partition coefficient (Wildman–Crippen LogP) is -0.409. The van der Waals surface area contributed by atoms with E-state index in [4.69, 9.17) is 5.73 Å². The molecule has 0 unspecified atom stereocenters. The largest absolute Gasteiger partial charge is 0.393 e. The van der Waals surface area contributed by atoms with Crippen molar-refractivity contribution in [1.29, 1.82) is 0 Å². The van der Waals surface area contributed by atoms with Crippen molar-refractivity contribution in [3.63, 3.8) is 0 Å². The molecule has 1 rings (SSSR count). The number of amides is 1. The summed E-state index contributed by atoms with van der Waals surface area (Å²) in [5, 5.41) is 13.0. The van der Waals surface area contributed by atoms with E-state index in [2.05, 4.69) is 10.0 Å². The van der Waals surface area contributed by atoms with Gasteiger partial charge in [-0.1, -0.05) is 0 Å². The van der Waals surface area contributed by atoms with E-state index < -0.39 is 20.6 Å². The number of hydrogen-bond donors (Lipinski definition) is 3. The molecule has 1 amide bonds. The number of rotatable bonds is 6. The molecule has 0 saturated carbocycles. The highest BCUT2D eigenvalue weighted by molar-refractivity contribution is 7.89. The Bertz CT molecular complexity index is 629. The van der Waals surface area contributed by atoms with Crippen molar-refractivity contribution in [2.24, 2.45) is 0 Å². The second-order valence-electron chi connectivity index (χ2n) is 3.80. The zero-order chi connectivity index (χ0) is 15.3. The van der Waals surface area contributed by atoms with Crippen LogP contribution in [0.1, 0.15) is 6.42 Å². The molecule has 0 heterocycles. The first kappa shape index (κ1) is 15.9. The number of nitrogens with zero attached hydrogens (tertiary/aromatic N) is 1. The van der Waals surface area contributed by atoms with Crippen molar-refractivity contribution in [2.75, 3.05) is 19.3 Å². The SMILES string of the molecule is CNC(=O)CCNS(=O)(=O)c1ccc(N)c([N+](=O)[O-])c1. The number of nitrogens with one attached hydrogen (secondary N) is 2. The van der Waals surface area contributed by atoms with Gasteiger partial charge in [-0.25, -0.2) is 13.1 Å². The van der Waals surface area contributed by atoms with Gasteiger partial charge in [-0.2, -0.15) is 0 Å². The van der Waals surface area contributed by atoms with Gasteiger partial charge >= 0.3 is 0 Å².